The van der Waals surface area contributed by atoms with Crippen molar-refractivity contribution in [1.82, 2.24) is 4.90 Å². The lowest BCUT2D eigenvalue weighted by atomic mass is 9.97. The topological polar surface area (TPSA) is 23.5 Å². The summed E-state index contributed by atoms with van der Waals surface area (Å²) in [4.78, 5) is 2.03. The first-order valence-electron chi connectivity index (χ1n) is 3.02. The van der Waals surface area contributed by atoms with Crippen molar-refractivity contribution in [2.75, 3.05) is 19.6 Å². The fourth-order valence-electron chi connectivity index (χ4n) is 1.16. The molecule has 0 saturated carbocycles. The van der Waals surface area contributed by atoms with Crippen molar-refractivity contribution in [3.05, 3.63) is 0 Å². The molecule has 1 aliphatic heterocycles. The van der Waals surface area contributed by atoms with E-state index in [1.807, 2.05) is 11.8 Å². The van der Waals surface area contributed by atoms with Gasteiger partial charge in [0.15, 0.2) is 0 Å². The van der Waals surface area contributed by atoms with Crippen LogP contribution in [0.1, 0.15) is 6.92 Å². The van der Waals surface area contributed by atoms with Gasteiger partial charge in [-0.1, -0.05) is 5.92 Å². The van der Waals surface area contributed by atoms with Crippen LogP contribution in [0.4, 0.5) is 0 Å². The maximum Gasteiger partial charge on any atom is 0.0872 e. The molecule has 50 valence electrons. The highest BCUT2D eigenvalue weighted by Crippen LogP contribution is 2.18. The standard InChI is InChI=1S/C7H11NO/c1-3-4-8-5-7(2,9)6-8/h1,9H,4-6H2,2H3. The first kappa shape index (κ1) is 6.60. The molecule has 9 heavy (non-hydrogen) atoms. The Balaban J connectivity index is 2.21. The largest absolute Gasteiger partial charge is 0.388 e. The zero-order chi connectivity index (χ0) is 6.91. The van der Waals surface area contributed by atoms with Gasteiger partial charge in [-0.2, -0.15) is 0 Å². The van der Waals surface area contributed by atoms with Crippen LogP contribution in [-0.4, -0.2) is 35.2 Å². The maximum absolute atomic E-state index is 9.20. The van der Waals surface area contributed by atoms with E-state index in [-0.39, 0.29) is 0 Å². The predicted octanol–water partition coefficient (Wildman–Crippen LogP) is -0.314. The summed E-state index contributed by atoms with van der Waals surface area (Å²) in [6.45, 7) is 3.92. The lowest BCUT2D eigenvalue weighted by Crippen LogP contribution is -2.59. The molecular formula is C7H11NO. The highest BCUT2D eigenvalue weighted by Gasteiger charge is 2.35. The molecule has 1 fully saturated rings. The molecule has 1 saturated heterocycles. The fraction of sp³-hybridized carbons (Fsp3) is 0.714. The first-order valence-corrected chi connectivity index (χ1v) is 3.02. The Morgan fingerprint density at radius 2 is 2.33 bits per heavy atom. The molecule has 1 aliphatic rings. The smallest absolute Gasteiger partial charge is 0.0872 e. The Morgan fingerprint density at radius 1 is 1.78 bits per heavy atom. The molecule has 1 rings (SSSR count). The van der Waals surface area contributed by atoms with Gasteiger partial charge in [-0.15, -0.1) is 6.42 Å². The normalized spacial score (nSPS) is 24.6. The van der Waals surface area contributed by atoms with Crippen molar-refractivity contribution in [2.24, 2.45) is 0 Å². The van der Waals surface area contributed by atoms with Gasteiger partial charge in [-0.3, -0.25) is 4.90 Å². The minimum atomic E-state index is -0.475. The van der Waals surface area contributed by atoms with Crippen LogP contribution in [0.5, 0.6) is 0 Å². The summed E-state index contributed by atoms with van der Waals surface area (Å²) in [5, 5.41) is 9.20. The Labute approximate surface area is 55.5 Å². The van der Waals surface area contributed by atoms with Crippen molar-refractivity contribution in [2.45, 2.75) is 12.5 Å². The van der Waals surface area contributed by atoms with Crippen LogP contribution in [0.25, 0.3) is 0 Å². The van der Waals surface area contributed by atoms with E-state index in [2.05, 4.69) is 5.92 Å². The van der Waals surface area contributed by atoms with Gasteiger partial charge in [0.25, 0.3) is 0 Å². The zero-order valence-corrected chi connectivity index (χ0v) is 5.59. The SMILES string of the molecule is C#CCN1CC(C)(O)C1. The Morgan fingerprint density at radius 3 is 2.67 bits per heavy atom. The third-order valence-corrected chi connectivity index (χ3v) is 1.44. The van der Waals surface area contributed by atoms with Gasteiger partial charge in [0.2, 0.25) is 0 Å². The van der Waals surface area contributed by atoms with Crippen LogP contribution in [-0.2, 0) is 0 Å². The van der Waals surface area contributed by atoms with E-state index < -0.39 is 5.60 Å². The van der Waals surface area contributed by atoms with Crippen molar-refractivity contribution in [3.63, 3.8) is 0 Å². The molecule has 0 bridgehead atoms. The van der Waals surface area contributed by atoms with Crippen LogP contribution in [0, 0.1) is 12.3 Å². The monoisotopic (exact) mass is 125 g/mol. The molecule has 0 amide bonds. The van der Waals surface area contributed by atoms with Gasteiger partial charge < -0.3 is 5.11 Å². The van der Waals surface area contributed by atoms with Crippen molar-refractivity contribution in [3.8, 4) is 12.3 Å². The van der Waals surface area contributed by atoms with E-state index in [4.69, 9.17) is 6.42 Å². The van der Waals surface area contributed by atoms with Crippen LogP contribution >= 0.6 is 0 Å². The number of terminal acetylenes is 1. The Hall–Kier alpha value is -0.520. The summed E-state index contributed by atoms with van der Waals surface area (Å²) in [6.07, 6.45) is 5.05. The van der Waals surface area contributed by atoms with E-state index in [1.165, 1.54) is 0 Å². The molecule has 0 spiro atoms. The van der Waals surface area contributed by atoms with E-state index in [0.29, 0.717) is 6.54 Å². The average Bonchev–Trinajstić information content (AvgIpc) is 1.62. The van der Waals surface area contributed by atoms with Gasteiger partial charge in [-0.05, 0) is 6.92 Å². The number of likely N-dealkylation sites (tertiary alicyclic amines) is 1. The maximum atomic E-state index is 9.20. The van der Waals surface area contributed by atoms with Gasteiger partial charge in [0.05, 0.1) is 12.1 Å². The third-order valence-electron chi connectivity index (χ3n) is 1.44. The first-order chi connectivity index (χ1) is 4.14. The molecule has 0 aromatic rings. The lowest BCUT2D eigenvalue weighted by Gasteiger charge is -2.43. The minimum absolute atomic E-state index is 0.475. The van der Waals surface area contributed by atoms with Gasteiger partial charge in [0, 0.05) is 13.1 Å². The summed E-state index contributed by atoms with van der Waals surface area (Å²) in [6, 6.07) is 0. The average molecular weight is 125 g/mol. The van der Waals surface area contributed by atoms with Crippen LogP contribution in [0.3, 0.4) is 0 Å². The molecule has 0 radical (unpaired) electrons. The number of hydrogen-bond acceptors (Lipinski definition) is 2. The lowest BCUT2D eigenvalue weighted by molar-refractivity contribution is -0.0768. The second-order valence-corrected chi connectivity index (χ2v) is 2.85. The van der Waals surface area contributed by atoms with E-state index >= 15 is 0 Å². The second kappa shape index (κ2) is 2.02. The van der Waals surface area contributed by atoms with Crippen LogP contribution in [0.2, 0.25) is 0 Å². The van der Waals surface area contributed by atoms with Crippen LogP contribution in [0.15, 0.2) is 0 Å². The fourth-order valence-corrected chi connectivity index (χ4v) is 1.16. The van der Waals surface area contributed by atoms with E-state index in [1.54, 1.807) is 0 Å². The second-order valence-electron chi connectivity index (χ2n) is 2.85. The summed E-state index contributed by atoms with van der Waals surface area (Å²) >= 11 is 0. The summed E-state index contributed by atoms with van der Waals surface area (Å²) < 4.78 is 0. The molecule has 0 aromatic heterocycles. The summed E-state index contributed by atoms with van der Waals surface area (Å²) in [5.74, 6) is 2.52. The Bertz CT molecular complexity index is 137. The van der Waals surface area contributed by atoms with E-state index in [9.17, 15) is 5.11 Å². The summed E-state index contributed by atoms with van der Waals surface area (Å²) in [7, 11) is 0. The van der Waals surface area contributed by atoms with Crippen molar-refractivity contribution in [1.29, 1.82) is 0 Å². The quantitative estimate of drug-likeness (QED) is 0.486. The van der Waals surface area contributed by atoms with Gasteiger partial charge in [0.1, 0.15) is 0 Å². The number of aliphatic hydroxyl groups is 1. The minimum Gasteiger partial charge on any atom is -0.388 e. The van der Waals surface area contributed by atoms with E-state index in [0.717, 1.165) is 13.1 Å². The van der Waals surface area contributed by atoms with Gasteiger partial charge in [-0.25, -0.2) is 0 Å². The summed E-state index contributed by atoms with van der Waals surface area (Å²) in [5.41, 5.74) is -0.475. The zero-order valence-electron chi connectivity index (χ0n) is 5.59. The number of nitrogens with zero attached hydrogens (tertiary/aromatic N) is 1. The highest BCUT2D eigenvalue weighted by atomic mass is 16.3. The molecule has 1 heterocycles. The number of β-amino-alcohol motifs (C(OH)–C–C–N with tert-alkyl or cyclic N) is 1. The van der Waals surface area contributed by atoms with Gasteiger partial charge >= 0.3 is 0 Å². The molecule has 0 aliphatic carbocycles. The molecule has 0 unspecified atom stereocenters. The molecule has 0 atom stereocenters. The molecule has 1 N–H and O–H groups in total. The number of hydrogen-bond donors (Lipinski definition) is 1. The van der Waals surface area contributed by atoms with Crippen LogP contribution < -0.4 is 0 Å². The Kier molecular flexibility index (Phi) is 1.48. The van der Waals surface area contributed by atoms with Crippen molar-refractivity contribution < 1.29 is 5.11 Å². The highest BCUT2D eigenvalue weighted by molar-refractivity contribution is 4.98. The molecular weight excluding hydrogens is 114 g/mol. The molecule has 2 heteroatoms. The van der Waals surface area contributed by atoms with Crippen molar-refractivity contribution >= 4 is 0 Å². The third kappa shape index (κ3) is 1.44. The molecule has 0 aromatic carbocycles. The number of rotatable bonds is 1. The predicted molar refractivity (Wildman–Crippen MR) is 35.9 cm³/mol. The molecule has 2 nitrogen and oxygen atoms in total.